The Bertz CT molecular complexity index is 695. The topological polar surface area (TPSA) is 47.6 Å². The van der Waals surface area contributed by atoms with E-state index in [0.717, 1.165) is 35.5 Å². The molecule has 4 heteroatoms. The number of hydrogen-bond acceptors (Lipinski definition) is 3. The largest absolute Gasteiger partial charge is 0.497 e. The SMILES string of the molecule is COc1ccc(CCCNC(=O)[C@@H](C)Oc2cc(C)ccc2C)cc1. The van der Waals surface area contributed by atoms with E-state index in [9.17, 15) is 4.79 Å². The zero-order valence-electron chi connectivity index (χ0n) is 15.5. The number of benzene rings is 2. The van der Waals surface area contributed by atoms with Crippen LogP contribution >= 0.6 is 0 Å². The molecule has 0 fully saturated rings. The average molecular weight is 341 g/mol. The average Bonchev–Trinajstić information content (AvgIpc) is 2.62. The molecule has 1 amide bonds. The third-order valence-corrected chi connectivity index (χ3v) is 4.12. The van der Waals surface area contributed by atoms with Crippen molar-refractivity contribution < 1.29 is 14.3 Å². The molecule has 0 saturated carbocycles. The first-order valence-electron chi connectivity index (χ1n) is 8.64. The summed E-state index contributed by atoms with van der Waals surface area (Å²) in [7, 11) is 1.66. The van der Waals surface area contributed by atoms with E-state index in [1.165, 1.54) is 5.56 Å². The van der Waals surface area contributed by atoms with Crippen LogP contribution in [0.15, 0.2) is 42.5 Å². The summed E-state index contributed by atoms with van der Waals surface area (Å²) in [6.45, 7) is 6.40. The van der Waals surface area contributed by atoms with Gasteiger partial charge in [-0.15, -0.1) is 0 Å². The molecule has 2 rings (SSSR count). The second-order valence-electron chi connectivity index (χ2n) is 6.27. The maximum absolute atomic E-state index is 12.2. The van der Waals surface area contributed by atoms with Crippen LogP contribution in [0.5, 0.6) is 11.5 Å². The van der Waals surface area contributed by atoms with Gasteiger partial charge < -0.3 is 14.8 Å². The smallest absolute Gasteiger partial charge is 0.260 e. The number of aryl methyl sites for hydroxylation is 3. The maximum Gasteiger partial charge on any atom is 0.260 e. The predicted octanol–water partition coefficient (Wildman–Crippen LogP) is 3.83. The van der Waals surface area contributed by atoms with Gasteiger partial charge in [0.25, 0.3) is 5.91 Å². The molecule has 0 unspecified atom stereocenters. The van der Waals surface area contributed by atoms with E-state index in [1.807, 2.05) is 56.3 Å². The second kappa shape index (κ2) is 9.11. The van der Waals surface area contributed by atoms with Crippen LogP contribution < -0.4 is 14.8 Å². The summed E-state index contributed by atoms with van der Waals surface area (Å²) in [5, 5.41) is 2.94. The minimum Gasteiger partial charge on any atom is -0.497 e. The highest BCUT2D eigenvalue weighted by Crippen LogP contribution is 2.20. The number of hydrogen-bond donors (Lipinski definition) is 1. The lowest BCUT2D eigenvalue weighted by Gasteiger charge is -2.16. The van der Waals surface area contributed by atoms with Crippen LogP contribution in [0.4, 0.5) is 0 Å². The summed E-state index contributed by atoms with van der Waals surface area (Å²) in [5.41, 5.74) is 3.38. The van der Waals surface area contributed by atoms with Gasteiger partial charge in [-0.1, -0.05) is 24.3 Å². The predicted molar refractivity (Wildman–Crippen MR) is 100 cm³/mol. The molecule has 0 radical (unpaired) electrons. The maximum atomic E-state index is 12.2. The summed E-state index contributed by atoms with van der Waals surface area (Å²) in [5.74, 6) is 1.53. The first-order valence-corrected chi connectivity index (χ1v) is 8.64. The molecule has 4 nitrogen and oxygen atoms in total. The molecule has 0 bridgehead atoms. The fraction of sp³-hybridized carbons (Fsp3) is 0.381. The van der Waals surface area contributed by atoms with Gasteiger partial charge in [-0.25, -0.2) is 0 Å². The van der Waals surface area contributed by atoms with Crippen molar-refractivity contribution in [1.82, 2.24) is 5.32 Å². The van der Waals surface area contributed by atoms with Gasteiger partial charge in [-0.3, -0.25) is 4.79 Å². The number of nitrogens with one attached hydrogen (secondary N) is 1. The number of rotatable bonds is 8. The number of amides is 1. The molecule has 2 aromatic carbocycles. The van der Waals surface area contributed by atoms with Crippen LogP contribution in [0.1, 0.15) is 30.0 Å². The molecule has 1 N–H and O–H groups in total. The molecular formula is C21H27NO3. The van der Waals surface area contributed by atoms with Crippen LogP contribution in [-0.2, 0) is 11.2 Å². The van der Waals surface area contributed by atoms with Gasteiger partial charge in [-0.05, 0) is 68.5 Å². The zero-order valence-corrected chi connectivity index (χ0v) is 15.5. The molecule has 0 heterocycles. The van der Waals surface area contributed by atoms with Crippen molar-refractivity contribution in [2.45, 2.75) is 39.7 Å². The molecule has 0 aliphatic heterocycles. The Kier molecular flexibility index (Phi) is 6.87. The van der Waals surface area contributed by atoms with Gasteiger partial charge >= 0.3 is 0 Å². The lowest BCUT2D eigenvalue weighted by molar-refractivity contribution is -0.127. The highest BCUT2D eigenvalue weighted by molar-refractivity contribution is 5.80. The van der Waals surface area contributed by atoms with Crippen LogP contribution in [-0.4, -0.2) is 25.7 Å². The summed E-state index contributed by atoms with van der Waals surface area (Å²) in [4.78, 5) is 12.2. The fourth-order valence-corrected chi connectivity index (χ4v) is 2.52. The van der Waals surface area contributed by atoms with Crippen molar-refractivity contribution in [1.29, 1.82) is 0 Å². The summed E-state index contributed by atoms with van der Waals surface area (Å²) in [6.07, 6.45) is 1.28. The van der Waals surface area contributed by atoms with Crippen LogP contribution in [0, 0.1) is 13.8 Å². The molecule has 0 aliphatic rings. The van der Waals surface area contributed by atoms with Crippen molar-refractivity contribution in [3.8, 4) is 11.5 Å². The van der Waals surface area contributed by atoms with Crippen LogP contribution in [0.3, 0.4) is 0 Å². The summed E-state index contributed by atoms with van der Waals surface area (Å²) in [6, 6.07) is 14.0. The number of methoxy groups -OCH3 is 1. The van der Waals surface area contributed by atoms with Gasteiger partial charge in [0.15, 0.2) is 6.10 Å². The Hall–Kier alpha value is -2.49. The van der Waals surface area contributed by atoms with Crippen molar-refractivity contribution in [3.63, 3.8) is 0 Å². The summed E-state index contributed by atoms with van der Waals surface area (Å²) < 4.78 is 10.9. The number of carbonyl (C=O) groups is 1. The Morgan fingerprint density at radius 1 is 1.12 bits per heavy atom. The van der Waals surface area contributed by atoms with Gasteiger partial charge in [0.05, 0.1) is 7.11 Å². The van der Waals surface area contributed by atoms with Gasteiger partial charge in [0.2, 0.25) is 0 Å². The van der Waals surface area contributed by atoms with Crippen LogP contribution in [0.2, 0.25) is 0 Å². The van der Waals surface area contributed by atoms with E-state index in [0.29, 0.717) is 6.54 Å². The molecule has 2 aromatic rings. The minimum absolute atomic E-state index is 0.0874. The third kappa shape index (κ3) is 5.82. The van der Waals surface area contributed by atoms with E-state index < -0.39 is 6.10 Å². The lowest BCUT2D eigenvalue weighted by Crippen LogP contribution is -2.37. The molecule has 0 saturated heterocycles. The van der Waals surface area contributed by atoms with Crippen molar-refractivity contribution in [2.75, 3.05) is 13.7 Å². The van der Waals surface area contributed by atoms with Gasteiger partial charge in [-0.2, -0.15) is 0 Å². The Balaban J connectivity index is 1.74. The molecule has 1 atom stereocenters. The summed E-state index contributed by atoms with van der Waals surface area (Å²) >= 11 is 0. The van der Waals surface area contributed by atoms with Crippen molar-refractivity contribution in [2.24, 2.45) is 0 Å². The standard InChI is InChI=1S/C21H27NO3/c1-15-7-8-16(2)20(14-15)25-17(3)21(23)22-13-5-6-18-9-11-19(24-4)12-10-18/h7-12,14,17H,5-6,13H2,1-4H3,(H,22,23)/t17-/m1/s1. The van der Waals surface area contributed by atoms with E-state index in [4.69, 9.17) is 9.47 Å². The number of ether oxygens (including phenoxy) is 2. The quantitative estimate of drug-likeness (QED) is 0.742. The highest BCUT2D eigenvalue weighted by atomic mass is 16.5. The third-order valence-electron chi connectivity index (χ3n) is 4.12. The lowest BCUT2D eigenvalue weighted by atomic mass is 10.1. The molecule has 25 heavy (non-hydrogen) atoms. The van der Waals surface area contributed by atoms with E-state index in [-0.39, 0.29) is 5.91 Å². The molecule has 0 spiro atoms. The molecular weight excluding hydrogens is 314 g/mol. The Morgan fingerprint density at radius 2 is 1.84 bits per heavy atom. The Labute approximate surface area is 150 Å². The highest BCUT2D eigenvalue weighted by Gasteiger charge is 2.15. The van der Waals surface area contributed by atoms with E-state index >= 15 is 0 Å². The normalized spacial score (nSPS) is 11.7. The first-order chi connectivity index (χ1) is 12.0. The Morgan fingerprint density at radius 3 is 2.52 bits per heavy atom. The first kappa shape index (κ1) is 18.8. The molecule has 0 aromatic heterocycles. The monoisotopic (exact) mass is 341 g/mol. The van der Waals surface area contributed by atoms with Gasteiger partial charge in [0.1, 0.15) is 11.5 Å². The van der Waals surface area contributed by atoms with Crippen molar-refractivity contribution >= 4 is 5.91 Å². The molecule has 0 aliphatic carbocycles. The van der Waals surface area contributed by atoms with E-state index in [2.05, 4.69) is 5.32 Å². The molecule has 134 valence electrons. The van der Waals surface area contributed by atoms with Crippen LogP contribution in [0.25, 0.3) is 0 Å². The number of carbonyl (C=O) groups excluding carboxylic acids is 1. The minimum atomic E-state index is -0.513. The zero-order chi connectivity index (χ0) is 18.2. The van der Waals surface area contributed by atoms with E-state index in [1.54, 1.807) is 14.0 Å². The second-order valence-corrected chi connectivity index (χ2v) is 6.27. The van der Waals surface area contributed by atoms with Gasteiger partial charge in [0, 0.05) is 6.54 Å². The fourth-order valence-electron chi connectivity index (χ4n) is 2.52. The van der Waals surface area contributed by atoms with Crippen molar-refractivity contribution in [3.05, 3.63) is 59.2 Å².